The van der Waals surface area contributed by atoms with Crippen molar-refractivity contribution in [2.75, 3.05) is 13.1 Å². The van der Waals surface area contributed by atoms with Crippen LogP contribution in [-0.4, -0.2) is 34.8 Å². The number of rotatable bonds is 8. The monoisotopic (exact) mass is 306 g/mol. The first-order chi connectivity index (χ1) is 10.2. The minimum Gasteiger partial charge on any atom is -0.355 e. The number of nitrogens with zero attached hydrogens (tertiary/aromatic N) is 2. The van der Waals surface area contributed by atoms with Gasteiger partial charge < -0.3 is 10.6 Å². The zero-order valence-electron chi connectivity index (χ0n) is 12.5. The van der Waals surface area contributed by atoms with Crippen molar-refractivity contribution >= 4 is 17.2 Å². The van der Waals surface area contributed by atoms with E-state index in [2.05, 4.69) is 46.4 Å². The Kier molecular flexibility index (Phi) is 5.95. The summed E-state index contributed by atoms with van der Waals surface area (Å²) in [6.07, 6.45) is 4.58. The van der Waals surface area contributed by atoms with Crippen LogP contribution < -0.4 is 10.6 Å². The first kappa shape index (κ1) is 15.7. The van der Waals surface area contributed by atoms with Crippen LogP contribution in [0.2, 0.25) is 0 Å². The summed E-state index contributed by atoms with van der Waals surface area (Å²) in [5, 5.41) is 14.6. The number of carbonyl (C=O) groups is 1. The van der Waals surface area contributed by atoms with Crippen molar-refractivity contribution in [3.63, 3.8) is 0 Å². The van der Waals surface area contributed by atoms with Gasteiger partial charge in [-0.05, 0) is 48.7 Å². The second-order valence-corrected chi connectivity index (χ2v) is 5.91. The fraction of sp³-hybridized carbons (Fsp3) is 0.467. The summed E-state index contributed by atoms with van der Waals surface area (Å²) in [4.78, 5) is 11.8. The molecule has 0 aliphatic heterocycles. The van der Waals surface area contributed by atoms with E-state index in [0.29, 0.717) is 13.1 Å². The Morgan fingerprint density at radius 3 is 3.00 bits per heavy atom. The molecule has 2 heterocycles. The second kappa shape index (κ2) is 7.95. The molecule has 6 heteroatoms. The van der Waals surface area contributed by atoms with Crippen molar-refractivity contribution < 1.29 is 4.79 Å². The van der Waals surface area contributed by atoms with Crippen LogP contribution in [0.4, 0.5) is 0 Å². The van der Waals surface area contributed by atoms with Crippen LogP contribution in [-0.2, 0) is 11.2 Å². The van der Waals surface area contributed by atoms with Crippen molar-refractivity contribution in [2.45, 2.75) is 32.4 Å². The third-order valence-corrected chi connectivity index (χ3v) is 4.30. The van der Waals surface area contributed by atoms with Crippen LogP contribution in [0.3, 0.4) is 0 Å². The fourth-order valence-corrected chi connectivity index (χ4v) is 2.72. The minimum atomic E-state index is 0.0322. The molecule has 21 heavy (non-hydrogen) atoms. The van der Waals surface area contributed by atoms with Gasteiger partial charge >= 0.3 is 0 Å². The lowest BCUT2D eigenvalue weighted by Gasteiger charge is -2.21. The summed E-state index contributed by atoms with van der Waals surface area (Å²) in [5.74, 6) is 0.0322. The molecule has 0 radical (unpaired) electrons. The van der Waals surface area contributed by atoms with Gasteiger partial charge in [0.2, 0.25) is 5.91 Å². The van der Waals surface area contributed by atoms with Crippen LogP contribution in [0.15, 0.2) is 35.3 Å². The molecule has 2 N–H and O–H groups in total. The van der Waals surface area contributed by atoms with Crippen molar-refractivity contribution in [1.29, 1.82) is 0 Å². The van der Waals surface area contributed by atoms with E-state index < -0.39 is 0 Å². The first-order valence-corrected chi connectivity index (χ1v) is 8.11. The fourth-order valence-electron chi connectivity index (χ4n) is 2.02. The maximum absolute atomic E-state index is 11.8. The van der Waals surface area contributed by atoms with Crippen molar-refractivity contribution in [3.8, 4) is 0 Å². The van der Waals surface area contributed by atoms with Gasteiger partial charge in [-0.3, -0.25) is 9.48 Å². The highest BCUT2D eigenvalue weighted by Crippen LogP contribution is 2.08. The molecule has 2 rings (SSSR count). The van der Waals surface area contributed by atoms with E-state index in [1.807, 2.05) is 16.9 Å². The van der Waals surface area contributed by atoms with Crippen LogP contribution in [0.1, 0.15) is 25.5 Å². The molecule has 0 fully saturated rings. The number of amides is 1. The van der Waals surface area contributed by atoms with Gasteiger partial charge in [0.25, 0.3) is 0 Å². The molecule has 1 amide bonds. The maximum Gasteiger partial charge on any atom is 0.233 e. The molecular formula is C15H22N4OS. The van der Waals surface area contributed by atoms with E-state index in [9.17, 15) is 4.79 Å². The highest BCUT2D eigenvalue weighted by atomic mass is 32.1. The lowest BCUT2D eigenvalue weighted by Crippen LogP contribution is -2.41. The molecular weight excluding hydrogens is 284 g/mol. The Hall–Kier alpha value is -1.66. The van der Waals surface area contributed by atoms with E-state index in [1.165, 1.54) is 5.56 Å². The zero-order chi connectivity index (χ0) is 15.1. The standard InChI is InChI=1S/C15H22N4OS/c1-12(13(2)19-8-3-6-18-19)17-10-15(20)16-7-4-14-5-9-21-11-14/h3,5-6,8-9,11-13,17H,4,7,10H2,1-2H3,(H,16,20)/t12-,13+/m0/s1. The highest BCUT2D eigenvalue weighted by Gasteiger charge is 2.14. The molecule has 0 spiro atoms. The third kappa shape index (κ3) is 4.99. The smallest absolute Gasteiger partial charge is 0.233 e. The van der Waals surface area contributed by atoms with Crippen molar-refractivity contribution in [2.24, 2.45) is 0 Å². The number of hydrogen-bond donors (Lipinski definition) is 2. The Morgan fingerprint density at radius 1 is 1.48 bits per heavy atom. The average molecular weight is 306 g/mol. The lowest BCUT2D eigenvalue weighted by atomic mass is 10.2. The summed E-state index contributed by atoms with van der Waals surface area (Å²) in [6.45, 7) is 5.15. The predicted octanol–water partition coefficient (Wildman–Crippen LogP) is 1.84. The van der Waals surface area contributed by atoms with Crippen LogP contribution in [0.25, 0.3) is 0 Å². The van der Waals surface area contributed by atoms with Gasteiger partial charge in [-0.1, -0.05) is 0 Å². The Balaban J connectivity index is 1.64. The van der Waals surface area contributed by atoms with Gasteiger partial charge in [-0.2, -0.15) is 16.4 Å². The molecule has 2 aromatic rings. The Labute approximate surface area is 129 Å². The van der Waals surface area contributed by atoms with Gasteiger partial charge in [-0.15, -0.1) is 0 Å². The molecule has 0 bridgehead atoms. The van der Waals surface area contributed by atoms with Crippen molar-refractivity contribution in [1.82, 2.24) is 20.4 Å². The highest BCUT2D eigenvalue weighted by molar-refractivity contribution is 7.07. The van der Waals surface area contributed by atoms with Gasteiger partial charge in [0, 0.05) is 25.0 Å². The Morgan fingerprint density at radius 2 is 2.33 bits per heavy atom. The van der Waals surface area contributed by atoms with Crippen LogP contribution in [0.5, 0.6) is 0 Å². The summed E-state index contributed by atoms with van der Waals surface area (Å²) in [5.41, 5.74) is 1.27. The van der Waals surface area contributed by atoms with E-state index >= 15 is 0 Å². The van der Waals surface area contributed by atoms with Crippen LogP contribution >= 0.6 is 11.3 Å². The molecule has 0 aliphatic rings. The van der Waals surface area contributed by atoms with Crippen molar-refractivity contribution in [3.05, 3.63) is 40.8 Å². The molecule has 5 nitrogen and oxygen atoms in total. The molecule has 0 saturated carbocycles. The summed E-state index contributed by atoms with van der Waals surface area (Å²) >= 11 is 1.68. The zero-order valence-corrected chi connectivity index (χ0v) is 13.3. The number of carbonyl (C=O) groups excluding carboxylic acids is 1. The largest absolute Gasteiger partial charge is 0.355 e. The quantitative estimate of drug-likeness (QED) is 0.782. The second-order valence-electron chi connectivity index (χ2n) is 5.13. The van der Waals surface area contributed by atoms with Gasteiger partial charge in [-0.25, -0.2) is 0 Å². The molecule has 2 aromatic heterocycles. The number of nitrogens with one attached hydrogen (secondary N) is 2. The summed E-state index contributed by atoms with van der Waals surface area (Å²) < 4.78 is 1.89. The number of hydrogen-bond acceptors (Lipinski definition) is 4. The van der Waals surface area contributed by atoms with E-state index in [-0.39, 0.29) is 18.0 Å². The van der Waals surface area contributed by atoms with Gasteiger partial charge in [0.05, 0.1) is 12.6 Å². The maximum atomic E-state index is 11.8. The van der Waals surface area contributed by atoms with E-state index in [4.69, 9.17) is 0 Å². The summed E-state index contributed by atoms with van der Waals surface area (Å²) in [7, 11) is 0. The Bertz CT molecular complexity index is 524. The molecule has 0 saturated heterocycles. The molecule has 2 atom stereocenters. The minimum absolute atomic E-state index is 0.0322. The van der Waals surface area contributed by atoms with E-state index in [1.54, 1.807) is 17.5 Å². The number of aromatic nitrogens is 2. The molecule has 0 unspecified atom stereocenters. The van der Waals surface area contributed by atoms with Gasteiger partial charge in [0.15, 0.2) is 0 Å². The normalized spacial score (nSPS) is 13.8. The lowest BCUT2D eigenvalue weighted by molar-refractivity contribution is -0.120. The molecule has 0 aromatic carbocycles. The van der Waals surface area contributed by atoms with Gasteiger partial charge in [0.1, 0.15) is 0 Å². The van der Waals surface area contributed by atoms with E-state index in [0.717, 1.165) is 6.42 Å². The molecule has 114 valence electrons. The summed E-state index contributed by atoms with van der Waals surface area (Å²) in [6, 6.07) is 4.37. The number of thiophene rings is 1. The first-order valence-electron chi connectivity index (χ1n) is 7.17. The predicted molar refractivity (Wildman–Crippen MR) is 85.4 cm³/mol. The SMILES string of the molecule is C[C@H](NCC(=O)NCCc1ccsc1)[C@@H](C)n1cccn1. The molecule has 0 aliphatic carbocycles. The van der Waals surface area contributed by atoms with Crippen LogP contribution in [0, 0.1) is 0 Å². The topological polar surface area (TPSA) is 59.0 Å². The average Bonchev–Trinajstić information content (AvgIpc) is 3.16. The third-order valence-electron chi connectivity index (χ3n) is 3.57.